The molecular weight excluding hydrogens is 328 g/mol. The van der Waals surface area contributed by atoms with Crippen LogP contribution >= 0.6 is 15.9 Å². The van der Waals surface area contributed by atoms with Crippen LogP contribution in [-0.4, -0.2) is 12.5 Å². The van der Waals surface area contributed by atoms with E-state index in [4.69, 9.17) is 0 Å². The minimum atomic E-state index is -0.0647. The van der Waals surface area contributed by atoms with Crippen LogP contribution in [0, 0.1) is 6.92 Å². The van der Waals surface area contributed by atoms with Crippen LogP contribution in [-0.2, 0) is 6.42 Å². The highest BCUT2D eigenvalue weighted by Gasteiger charge is 2.12. The summed E-state index contributed by atoms with van der Waals surface area (Å²) in [5, 5.41) is 6.31. The van der Waals surface area contributed by atoms with Crippen LogP contribution in [0.2, 0.25) is 0 Å². The lowest BCUT2D eigenvalue weighted by molar-refractivity contribution is 0.102. The van der Waals surface area contributed by atoms with E-state index in [1.165, 1.54) is 5.56 Å². The van der Waals surface area contributed by atoms with Gasteiger partial charge in [0.25, 0.3) is 5.91 Å². The zero-order valence-electron chi connectivity index (χ0n) is 11.9. The van der Waals surface area contributed by atoms with E-state index < -0.39 is 0 Å². The Labute approximate surface area is 132 Å². The van der Waals surface area contributed by atoms with Gasteiger partial charge in [-0.3, -0.25) is 4.79 Å². The fraction of sp³-hybridized carbons (Fsp3) is 0.235. The van der Waals surface area contributed by atoms with Crippen molar-refractivity contribution in [3.8, 4) is 0 Å². The molecule has 1 aliphatic rings. The monoisotopic (exact) mass is 344 g/mol. The molecule has 0 aromatic heterocycles. The Kier molecular flexibility index (Phi) is 3.97. The minimum Gasteiger partial charge on any atom is -0.385 e. The molecule has 0 fully saturated rings. The number of carbonyl (C=O) groups excluding carboxylic acids is 1. The van der Waals surface area contributed by atoms with Gasteiger partial charge in [-0.25, -0.2) is 0 Å². The van der Waals surface area contributed by atoms with Gasteiger partial charge in [0, 0.05) is 28.0 Å². The summed E-state index contributed by atoms with van der Waals surface area (Å²) in [6.07, 6.45) is 2.14. The van der Waals surface area contributed by atoms with Crippen molar-refractivity contribution in [2.75, 3.05) is 17.2 Å². The van der Waals surface area contributed by atoms with Gasteiger partial charge in [-0.1, -0.05) is 15.9 Å². The number of hydrogen-bond donors (Lipinski definition) is 2. The van der Waals surface area contributed by atoms with Crippen molar-refractivity contribution in [3.05, 3.63) is 57.6 Å². The summed E-state index contributed by atoms with van der Waals surface area (Å²) in [5.74, 6) is -0.0647. The first-order chi connectivity index (χ1) is 10.1. The summed E-state index contributed by atoms with van der Waals surface area (Å²) in [6, 6.07) is 11.7. The number of amides is 1. The molecule has 0 atom stereocenters. The number of anilines is 2. The average Bonchev–Trinajstić information content (AvgIpc) is 2.50. The molecule has 2 aromatic carbocycles. The lowest BCUT2D eigenvalue weighted by Gasteiger charge is -2.18. The molecule has 2 N–H and O–H groups in total. The maximum atomic E-state index is 12.4. The fourth-order valence-electron chi connectivity index (χ4n) is 2.54. The van der Waals surface area contributed by atoms with Crippen LogP contribution in [0.25, 0.3) is 0 Å². The summed E-state index contributed by atoms with van der Waals surface area (Å²) < 4.78 is 1.04. The van der Waals surface area contributed by atoms with Gasteiger partial charge >= 0.3 is 0 Å². The highest BCUT2D eigenvalue weighted by molar-refractivity contribution is 9.10. The van der Waals surface area contributed by atoms with Gasteiger partial charge in [-0.2, -0.15) is 0 Å². The van der Waals surface area contributed by atoms with E-state index in [-0.39, 0.29) is 5.91 Å². The van der Waals surface area contributed by atoms with Crippen molar-refractivity contribution in [3.63, 3.8) is 0 Å². The highest BCUT2D eigenvalue weighted by atomic mass is 79.9. The Bertz CT molecular complexity index is 697. The SMILES string of the molecule is Cc1cc(NC(=O)c2ccc3c(c2)CCCN3)ccc1Br. The second-order valence-corrected chi connectivity index (χ2v) is 6.17. The Morgan fingerprint density at radius 1 is 1.24 bits per heavy atom. The summed E-state index contributed by atoms with van der Waals surface area (Å²) in [6.45, 7) is 3.01. The van der Waals surface area contributed by atoms with Gasteiger partial charge in [0.1, 0.15) is 0 Å². The van der Waals surface area contributed by atoms with Gasteiger partial charge in [-0.05, 0) is 67.3 Å². The third-order valence-electron chi connectivity index (χ3n) is 3.72. The van der Waals surface area contributed by atoms with Crippen LogP contribution in [0.4, 0.5) is 11.4 Å². The van der Waals surface area contributed by atoms with E-state index in [9.17, 15) is 4.79 Å². The van der Waals surface area contributed by atoms with Crippen LogP contribution in [0.3, 0.4) is 0 Å². The topological polar surface area (TPSA) is 41.1 Å². The molecule has 0 unspecified atom stereocenters. The normalized spacial score (nSPS) is 13.2. The van der Waals surface area contributed by atoms with Crippen molar-refractivity contribution >= 4 is 33.2 Å². The predicted octanol–water partition coefficient (Wildman–Crippen LogP) is 4.37. The van der Waals surface area contributed by atoms with Gasteiger partial charge in [0.15, 0.2) is 0 Å². The van der Waals surface area contributed by atoms with E-state index >= 15 is 0 Å². The minimum absolute atomic E-state index is 0.0647. The van der Waals surface area contributed by atoms with Crippen molar-refractivity contribution in [1.82, 2.24) is 0 Å². The molecule has 1 amide bonds. The number of aryl methyl sites for hydroxylation is 2. The predicted molar refractivity (Wildman–Crippen MR) is 90.1 cm³/mol. The molecule has 2 aromatic rings. The van der Waals surface area contributed by atoms with Crippen molar-refractivity contribution in [2.24, 2.45) is 0 Å². The smallest absolute Gasteiger partial charge is 0.255 e. The quantitative estimate of drug-likeness (QED) is 0.849. The first-order valence-electron chi connectivity index (χ1n) is 7.08. The third-order valence-corrected chi connectivity index (χ3v) is 4.61. The number of benzene rings is 2. The molecule has 3 nitrogen and oxygen atoms in total. The van der Waals surface area contributed by atoms with Crippen molar-refractivity contribution in [2.45, 2.75) is 19.8 Å². The molecule has 21 heavy (non-hydrogen) atoms. The van der Waals surface area contributed by atoms with E-state index in [1.54, 1.807) is 0 Å². The van der Waals surface area contributed by atoms with E-state index in [0.29, 0.717) is 5.56 Å². The van der Waals surface area contributed by atoms with E-state index in [0.717, 1.165) is 40.8 Å². The molecule has 0 spiro atoms. The second-order valence-electron chi connectivity index (χ2n) is 5.32. The zero-order valence-corrected chi connectivity index (χ0v) is 13.5. The molecule has 0 radical (unpaired) electrons. The lowest BCUT2D eigenvalue weighted by atomic mass is 10.0. The Hall–Kier alpha value is -1.81. The number of halogens is 1. The molecule has 0 saturated carbocycles. The Morgan fingerprint density at radius 2 is 2.10 bits per heavy atom. The standard InChI is InChI=1S/C17H17BrN2O/c1-11-9-14(5-6-15(11)18)20-17(21)13-4-7-16-12(10-13)3-2-8-19-16/h4-7,9-10,19H,2-3,8H2,1H3,(H,20,21). The van der Waals surface area contributed by atoms with E-state index in [2.05, 4.69) is 26.6 Å². The molecule has 108 valence electrons. The Morgan fingerprint density at radius 3 is 2.90 bits per heavy atom. The van der Waals surface area contributed by atoms with Crippen LogP contribution < -0.4 is 10.6 Å². The summed E-state index contributed by atoms with van der Waals surface area (Å²) in [7, 11) is 0. The molecule has 1 heterocycles. The van der Waals surface area contributed by atoms with Gasteiger partial charge in [0.05, 0.1) is 0 Å². The fourth-order valence-corrected chi connectivity index (χ4v) is 2.79. The summed E-state index contributed by atoms with van der Waals surface area (Å²) in [4.78, 5) is 12.4. The summed E-state index contributed by atoms with van der Waals surface area (Å²) >= 11 is 3.46. The first-order valence-corrected chi connectivity index (χ1v) is 7.87. The molecule has 0 bridgehead atoms. The van der Waals surface area contributed by atoms with Crippen LogP contribution in [0.5, 0.6) is 0 Å². The number of fused-ring (bicyclic) bond motifs is 1. The number of rotatable bonds is 2. The van der Waals surface area contributed by atoms with Crippen molar-refractivity contribution < 1.29 is 4.79 Å². The molecule has 4 heteroatoms. The maximum absolute atomic E-state index is 12.4. The molecule has 0 saturated heterocycles. The summed E-state index contributed by atoms with van der Waals surface area (Å²) in [5.41, 5.74) is 5.00. The largest absolute Gasteiger partial charge is 0.385 e. The highest BCUT2D eigenvalue weighted by Crippen LogP contribution is 2.24. The molecular formula is C17H17BrN2O. The first kappa shape index (κ1) is 14.1. The number of nitrogens with one attached hydrogen (secondary N) is 2. The zero-order chi connectivity index (χ0) is 14.8. The van der Waals surface area contributed by atoms with Crippen LogP contribution in [0.15, 0.2) is 40.9 Å². The maximum Gasteiger partial charge on any atom is 0.255 e. The third kappa shape index (κ3) is 3.10. The number of carbonyl (C=O) groups is 1. The van der Waals surface area contributed by atoms with Crippen LogP contribution in [0.1, 0.15) is 27.9 Å². The molecule has 3 rings (SSSR count). The lowest BCUT2D eigenvalue weighted by Crippen LogP contribution is -2.15. The van der Waals surface area contributed by atoms with Gasteiger partial charge < -0.3 is 10.6 Å². The Balaban J connectivity index is 1.80. The van der Waals surface area contributed by atoms with E-state index in [1.807, 2.05) is 43.3 Å². The molecule has 0 aliphatic carbocycles. The molecule has 1 aliphatic heterocycles. The number of hydrogen-bond acceptors (Lipinski definition) is 2. The van der Waals surface area contributed by atoms with Gasteiger partial charge in [0.2, 0.25) is 0 Å². The van der Waals surface area contributed by atoms with Gasteiger partial charge in [-0.15, -0.1) is 0 Å². The van der Waals surface area contributed by atoms with Crippen molar-refractivity contribution in [1.29, 1.82) is 0 Å². The average molecular weight is 345 g/mol. The second kappa shape index (κ2) is 5.90.